The predicted octanol–water partition coefficient (Wildman–Crippen LogP) is 2.36. The molecule has 2 aromatic heterocycles. The molecule has 28 heavy (non-hydrogen) atoms. The van der Waals surface area contributed by atoms with Crippen molar-refractivity contribution in [3.8, 4) is 0 Å². The number of nitrogens with one attached hydrogen (secondary N) is 1. The molecule has 1 saturated carbocycles. The number of anilines is 1. The Labute approximate surface area is 161 Å². The van der Waals surface area contributed by atoms with Gasteiger partial charge in [0.25, 0.3) is 0 Å². The van der Waals surface area contributed by atoms with Crippen LogP contribution in [0.15, 0.2) is 45.2 Å². The molecule has 0 saturated heterocycles. The van der Waals surface area contributed by atoms with E-state index in [0.717, 1.165) is 36.8 Å². The van der Waals surface area contributed by atoms with Crippen molar-refractivity contribution in [2.24, 2.45) is 12.1 Å². The number of aromatic nitrogens is 4. The van der Waals surface area contributed by atoms with Crippen molar-refractivity contribution in [1.29, 1.82) is 0 Å². The van der Waals surface area contributed by atoms with Crippen LogP contribution in [0.1, 0.15) is 42.9 Å². The summed E-state index contributed by atoms with van der Waals surface area (Å²) in [6.07, 6.45) is 7.08. The molecular formula is C20H22N6O2. The Morgan fingerprint density at radius 2 is 2.00 bits per heavy atom. The van der Waals surface area contributed by atoms with Crippen LogP contribution in [0.5, 0.6) is 0 Å². The number of hydrogen-bond donors (Lipinski definition) is 1. The van der Waals surface area contributed by atoms with Gasteiger partial charge >= 0.3 is 11.1 Å². The van der Waals surface area contributed by atoms with Crippen molar-refractivity contribution >= 4 is 23.3 Å². The van der Waals surface area contributed by atoms with Gasteiger partial charge < -0.3 is 4.57 Å². The van der Waals surface area contributed by atoms with Crippen molar-refractivity contribution in [2.75, 3.05) is 5.43 Å². The molecule has 4 rings (SSSR count). The van der Waals surface area contributed by atoms with E-state index in [1.165, 1.54) is 4.57 Å². The number of nitrogens with zero attached hydrogens (tertiary/aromatic N) is 5. The van der Waals surface area contributed by atoms with Crippen LogP contribution < -0.4 is 16.5 Å². The minimum Gasteiger partial charge on any atom is -0.303 e. The van der Waals surface area contributed by atoms with Crippen LogP contribution in [0.25, 0.3) is 11.2 Å². The van der Waals surface area contributed by atoms with E-state index in [1.807, 2.05) is 31.2 Å². The first kappa shape index (κ1) is 18.1. The van der Waals surface area contributed by atoms with Crippen LogP contribution in [0, 0.1) is 6.92 Å². The summed E-state index contributed by atoms with van der Waals surface area (Å²) in [6.45, 7) is 2.02. The SMILES string of the molecule is Cc1cccc(C=NNc2ncc3c(n2)n(C2CCCC2)c(=O)c(=O)n3C)c1. The average Bonchev–Trinajstić information content (AvgIpc) is 3.21. The van der Waals surface area contributed by atoms with Crippen LogP contribution in [0.4, 0.5) is 5.95 Å². The lowest BCUT2D eigenvalue weighted by atomic mass is 10.2. The lowest BCUT2D eigenvalue weighted by Gasteiger charge is -2.17. The summed E-state index contributed by atoms with van der Waals surface area (Å²) in [5, 5.41) is 4.19. The van der Waals surface area contributed by atoms with Crippen molar-refractivity contribution < 1.29 is 0 Å². The largest absolute Gasteiger partial charge is 0.318 e. The van der Waals surface area contributed by atoms with Crippen molar-refractivity contribution in [1.82, 2.24) is 19.1 Å². The zero-order valence-corrected chi connectivity index (χ0v) is 15.9. The molecule has 3 aromatic rings. The second kappa shape index (κ2) is 7.38. The van der Waals surface area contributed by atoms with Gasteiger partial charge in [-0.2, -0.15) is 10.1 Å². The number of benzene rings is 1. The molecule has 0 bridgehead atoms. The number of hydrogen-bond acceptors (Lipinski definition) is 6. The van der Waals surface area contributed by atoms with Gasteiger partial charge in [0.2, 0.25) is 5.95 Å². The molecule has 0 atom stereocenters. The lowest BCUT2D eigenvalue weighted by molar-refractivity contribution is 0.507. The highest BCUT2D eigenvalue weighted by molar-refractivity contribution is 5.80. The van der Waals surface area contributed by atoms with Gasteiger partial charge in [-0.3, -0.25) is 14.2 Å². The second-order valence-corrected chi connectivity index (χ2v) is 7.16. The van der Waals surface area contributed by atoms with Crippen molar-refractivity contribution in [2.45, 2.75) is 38.6 Å². The van der Waals surface area contributed by atoms with Gasteiger partial charge in [0.1, 0.15) is 5.52 Å². The molecule has 0 spiro atoms. The lowest BCUT2D eigenvalue weighted by Crippen LogP contribution is -2.42. The third-order valence-electron chi connectivity index (χ3n) is 5.16. The Morgan fingerprint density at radius 3 is 2.75 bits per heavy atom. The maximum absolute atomic E-state index is 12.7. The highest BCUT2D eigenvalue weighted by atomic mass is 16.2. The topological polar surface area (TPSA) is 94.2 Å². The summed E-state index contributed by atoms with van der Waals surface area (Å²) in [5.74, 6) is 0.279. The number of aryl methyl sites for hydroxylation is 2. The molecular weight excluding hydrogens is 356 g/mol. The summed E-state index contributed by atoms with van der Waals surface area (Å²) in [4.78, 5) is 33.7. The Morgan fingerprint density at radius 1 is 1.21 bits per heavy atom. The summed E-state index contributed by atoms with van der Waals surface area (Å²) in [5.41, 5.74) is 4.83. The van der Waals surface area contributed by atoms with E-state index in [0.29, 0.717) is 11.2 Å². The Hall–Kier alpha value is -3.29. The van der Waals surface area contributed by atoms with Gasteiger partial charge in [-0.25, -0.2) is 10.4 Å². The van der Waals surface area contributed by atoms with Gasteiger partial charge in [0, 0.05) is 13.1 Å². The van der Waals surface area contributed by atoms with Gasteiger partial charge in [-0.15, -0.1) is 0 Å². The Balaban J connectivity index is 1.73. The van der Waals surface area contributed by atoms with Crippen molar-refractivity contribution in [3.05, 3.63) is 62.3 Å². The molecule has 8 nitrogen and oxygen atoms in total. The number of hydrazone groups is 1. The van der Waals surface area contributed by atoms with Crippen LogP contribution in [0.2, 0.25) is 0 Å². The third-order valence-corrected chi connectivity index (χ3v) is 5.16. The molecule has 0 unspecified atom stereocenters. The average molecular weight is 378 g/mol. The fourth-order valence-electron chi connectivity index (χ4n) is 3.70. The Bertz CT molecular complexity index is 1170. The zero-order chi connectivity index (χ0) is 19.7. The van der Waals surface area contributed by atoms with Gasteiger partial charge in [0.15, 0.2) is 5.65 Å². The second-order valence-electron chi connectivity index (χ2n) is 7.16. The summed E-state index contributed by atoms with van der Waals surface area (Å²) in [6, 6.07) is 7.95. The first-order chi connectivity index (χ1) is 13.5. The fraction of sp³-hybridized carbons (Fsp3) is 0.350. The first-order valence-electron chi connectivity index (χ1n) is 9.38. The minimum absolute atomic E-state index is 0.00226. The number of rotatable bonds is 4. The molecule has 2 heterocycles. The molecule has 0 aliphatic heterocycles. The number of fused-ring (bicyclic) bond motifs is 1. The fourth-order valence-corrected chi connectivity index (χ4v) is 3.70. The maximum Gasteiger partial charge on any atom is 0.318 e. The highest BCUT2D eigenvalue weighted by Gasteiger charge is 2.23. The zero-order valence-electron chi connectivity index (χ0n) is 15.9. The third kappa shape index (κ3) is 3.33. The molecule has 0 amide bonds. The van der Waals surface area contributed by atoms with E-state index >= 15 is 0 Å². The summed E-state index contributed by atoms with van der Waals surface area (Å²) >= 11 is 0. The van der Waals surface area contributed by atoms with Gasteiger partial charge in [-0.1, -0.05) is 42.7 Å². The molecule has 1 aliphatic carbocycles. The van der Waals surface area contributed by atoms with E-state index in [-0.39, 0.29) is 12.0 Å². The van der Waals surface area contributed by atoms with Gasteiger partial charge in [-0.05, 0) is 25.3 Å². The summed E-state index contributed by atoms with van der Waals surface area (Å²) in [7, 11) is 1.57. The normalized spacial score (nSPS) is 14.9. The van der Waals surface area contributed by atoms with E-state index in [2.05, 4.69) is 20.5 Å². The molecule has 1 aliphatic rings. The highest BCUT2D eigenvalue weighted by Crippen LogP contribution is 2.29. The predicted molar refractivity (Wildman–Crippen MR) is 109 cm³/mol. The van der Waals surface area contributed by atoms with Crippen LogP contribution in [-0.4, -0.2) is 25.3 Å². The summed E-state index contributed by atoms with van der Waals surface area (Å²) < 4.78 is 2.85. The molecule has 0 radical (unpaired) electrons. The van der Waals surface area contributed by atoms with E-state index in [1.54, 1.807) is 24.0 Å². The molecule has 1 aromatic carbocycles. The minimum atomic E-state index is -0.554. The van der Waals surface area contributed by atoms with Crippen LogP contribution >= 0.6 is 0 Å². The molecule has 1 N–H and O–H groups in total. The van der Waals surface area contributed by atoms with E-state index in [9.17, 15) is 9.59 Å². The van der Waals surface area contributed by atoms with Crippen LogP contribution in [0.3, 0.4) is 0 Å². The Kier molecular flexibility index (Phi) is 4.77. The standard InChI is InChI=1S/C20H22N6O2/c1-13-6-5-7-14(10-13)11-22-24-20-21-12-16-17(23-20)26(15-8-3-4-9-15)19(28)18(27)25(16)2/h5-7,10-12,15H,3-4,8-9H2,1-2H3,(H,21,23,24). The van der Waals surface area contributed by atoms with Crippen LogP contribution in [-0.2, 0) is 7.05 Å². The quantitative estimate of drug-likeness (QED) is 0.427. The molecule has 1 fully saturated rings. The monoisotopic (exact) mass is 378 g/mol. The first-order valence-corrected chi connectivity index (χ1v) is 9.38. The molecule has 8 heteroatoms. The van der Waals surface area contributed by atoms with E-state index in [4.69, 9.17) is 0 Å². The van der Waals surface area contributed by atoms with Gasteiger partial charge in [0.05, 0.1) is 12.4 Å². The maximum atomic E-state index is 12.7. The van der Waals surface area contributed by atoms with E-state index < -0.39 is 11.1 Å². The smallest absolute Gasteiger partial charge is 0.303 e. The molecule has 144 valence electrons. The van der Waals surface area contributed by atoms with Crippen molar-refractivity contribution in [3.63, 3.8) is 0 Å².